The molecule has 13 heavy (non-hydrogen) atoms. The highest BCUT2D eigenvalue weighted by atomic mass is 16.3. The minimum absolute atomic E-state index is 0.0341. The normalized spacial score (nSPS) is 37.3. The first-order valence-corrected chi connectivity index (χ1v) is 4.52. The van der Waals surface area contributed by atoms with E-state index in [9.17, 15) is 9.90 Å². The van der Waals surface area contributed by atoms with Crippen LogP contribution in [0.25, 0.3) is 0 Å². The zero-order chi connectivity index (χ0) is 9.26. The summed E-state index contributed by atoms with van der Waals surface area (Å²) in [6.45, 7) is 0. The number of aliphatic hydroxyl groups excluding tert-OH is 1. The second kappa shape index (κ2) is 3.30. The summed E-state index contributed by atoms with van der Waals surface area (Å²) >= 11 is 0. The van der Waals surface area contributed by atoms with Gasteiger partial charge in [-0.3, -0.25) is 4.79 Å². The third-order valence-electron chi connectivity index (χ3n) is 2.63. The van der Waals surface area contributed by atoms with Crippen molar-refractivity contribution in [3.63, 3.8) is 0 Å². The van der Waals surface area contributed by atoms with Gasteiger partial charge in [0.05, 0.1) is 12.0 Å². The van der Waals surface area contributed by atoms with Crippen LogP contribution < -0.4 is 0 Å². The van der Waals surface area contributed by atoms with Crippen molar-refractivity contribution in [1.82, 2.24) is 0 Å². The molecule has 0 aliphatic heterocycles. The average Bonchev–Trinajstić information content (AvgIpc) is 2.29. The summed E-state index contributed by atoms with van der Waals surface area (Å²) in [6.07, 6.45) is 11.1. The fourth-order valence-electron chi connectivity index (χ4n) is 1.94. The van der Waals surface area contributed by atoms with Gasteiger partial charge >= 0.3 is 0 Å². The van der Waals surface area contributed by atoms with Gasteiger partial charge in [-0.1, -0.05) is 30.4 Å². The van der Waals surface area contributed by atoms with Crippen molar-refractivity contribution < 1.29 is 9.90 Å². The molecule has 1 N–H and O–H groups in total. The Morgan fingerprint density at radius 3 is 3.00 bits per heavy atom. The number of carbonyl (C=O) groups is 1. The van der Waals surface area contributed by atoms with E-state index < -0.39 is 6.10 Å². The molecule has 2 nitrogen and oxygen atoms in total. The van der Waals surface area contributed by atoms with Crippen molar-refractivity contribution in [2.24, 2.45) is 11.8 Å². The van der Waals surface area contributed by atoms with Crippen LogP contribution >= 0.6 is 0 Å². The maximum Gasteiger partial charge on any atom is 0.162 e. The van der Waals surface area contributed by atoms with Gasteiger partial charge < -0.3 is 5.11 Å². The number of ketones is 1. The summed E-state index contributed by atoms with van der Waals surface area (Å²) in [7, 11) is 0. The molecule has 0 bridgehead atoms. The van der Waals surface area contributed by atoms with E-state index in [1.54, 1.807) is 18.2 Å². The minimum Gasteiger partial charge on any atom is -0.388 e. The molecule has 0 saturated heterocycles. The van der Waals surface area contributed by atoms with Gasteiger partial charge in [-0.05, 0) is 18.4 Å². The molecule has 0 radical (unpaired) electrons. The zero-order valence-corrected chi connectivity index (χ0v) is 7.26. The van der Waals surface area contributed by atoms with Gasteiger partial charge in [-0.15, -0.1) is 0 Å². The Bertz CT molecular complexity index is 299. The third-order valence-corrected chi connectivity index (χ3v) is 2.63. The van der Waals surface area contributed by atoms with Crippen LogP contribution in [0, 0.1) is 11.8 Å². The molecule has 3 atom stereocenters. The van der Waals surface area contributed by atoms with Gasteiger partial charge in [-0.25, -0.2) is 0 Å². The van der Waals surface area contributed by atoms with Crippen LogP contribution in [0.15, 0.2) is 36.5 Å². The van der Waals surface area contributed by atoms with Gasteiger partial charge in [0.1, 0.15) is 0 Å². The first-order valence-electron chi connectivity index (χ1n) is 4.52. The highest BCUT2D eigenvalue weighted by molar-refractivity contribution is 5.93. The Labute approximate surface area is 77.3 Å². The van der Waals surface area contributed by atoms with E-state index in [0.717, 1.165) is 6.42 Å². The van der Waals surface area contributed by atoms with Gasteiger partial charge in [0.25, 0.3) is 0 Å². The highest BCUT2D eigenvalue weighted by Crippen LogP contribution is 2.29. The highest BCUT2D eigenvalue weighted by Gasteiger charge is 2.32. The summed E-state index contributed by atoms with van der Waals surface area (Å²) in [6, 6.07) is 0. The summed E-state index contributed by atoms with van der Waals surface area (Å²) < 4.78 is 0. The topological polar surface area (TPSA) is 37.3 Å². The van der Waals surface area contributed by atoms with Gasteiger partial charge in [-0.2, -0.15) is 0 Å². The van der Waals surface area contributed by atoms with E-state index >= 15 is 0 Å². The SMILES string of the molecule is O=C1C=CC=CC2CC=C[C@@H](O)C12. The molecule has 0 aromatic carbocycles. The Hall–Kier alpha value is -1.15. The maximum atomic E-state index is 11.5. The van der Waals surface area contributed by atoms with E-state index in [-0.39, 0.29) is 17.6 Å². The van der Waals surface area contributed by atoms with Crippen LogP contribution in [0.3, 0.4) is 0 Å². The Kier molecular flexibility index (Phi) is 2.15. The molecule has 0 aromatic rings. The quantitative estimate of drug-likeness (QED) is 0.564. The first kappa shape index (κ1) is 8.45. The molecule has 0 heterocycles. The summed E-state index contributed by atoms with van der Waals surface area (Å²) in [5.74, 6) is -0.0608. The van der Waals surface area contributed by atoms with Crippen LogP contribution in [0.1, 0.15) is 6.42 Å². The smallest absolute Gasteiger partial charge is 0.162 e. The second-order valence-electron chi connectivity index (χ2n) is 3.49. The molecule has 2 unspecified atom stereocenters. The van der Waals surface area contributed by atoms with Crippen molar-refractivity contribution >= 4 is 5.78 Å². The molecular formula is C11H12O2. The van der Waals surface area contributed by atoms with Crippen molar-refractivity contribution in [3.8, 4) is 0 Å². The molecule has 0 saturated carbocycles. The Balaban J connectivity index is 2.32. The predicted octanol–water partition coefficient (Wildman–Crippen LogP) is 1.23. The van der Waals surface area contributed by atoms with Crippen molar-refractivity contribution in [2.45, 2.75) is 12.5 Å². The zero-order valence-electron chi connectivity index (χ0n) is 7.26. The van der Waals surface area contributed by atoms with Crippen LogP contribution in [0.4, 0.5) is 0 Å². The maximum absolute atomic E-state index is 11.5. The fourth-order valence-corrected chi connectivity index (χ4v) is 1.94. The minimum atomic E-state index is -0.612. The van der Waals surface area contributed by atoms with Crippen molar-refractivity contribution in [3.05, 3.63) is 36.5 Å². The molecule has 0 aromatic heterocycles. The molecule has 2 heteroatoms. The van der Waals surface area contributed by atoms with Crippen molar-refractivity contribution in [2.75, 3.05) is 0 Å². The third kappa shape index (κ3) is 1.49. The second-order valence-corrected chi connectivity index (χ2v) is 3.49. The van der Waals surface area contributed by atoms with Crippen LogP contribution in [0.5, 0.6) is 0 Å². The predicted molar refractivity (Wildman–Crippen MR) is 50.0 cm³/mol. The lowest BCUT2D eigenvalue weighted by Gasteiger charge is -2.27. The van der Waals surface area contributed by atoms with Crippen LogP contribution in [-0.2, 0) is 4.79 Å². The van der Waals surface area contributed by atoms with E-state index in [1.807, 2.05) is 18.2 Å². The Morgan fingerprint density at radius 2 is 2.15 bits per heavy atom. The largest absolute Gasteiger partial charge is 0.388 e. The fraction of sp³-hybridized carbons (Fsp3) is 0.364. The molecule has 0 amide bonds. The summed E-state index contributed by atoms with van der Waals surface area (Å²) in [5.41, 5.74) is 0. The molecule has 2 aliphatic rings. The molecule has 68 valence electrons. The van der Waals surface area contributed by atoms with Crippen LogP contribution in [0.2, 0.25) is 0 Å². The Morgan fingerprint density at radius 1 is 1.31 bits per heavy atom. The number of hydrogen-bond donors (Lipinski definition) is 1. The molecule has 0 spiro atoms. The molecule has 2 rings (SSSR count). The van der Waals surface area contributed by atoms with Crippen molar-refractivity contribution in [1.29, 1.82) is 0 Å². The molecular weight excluding hydrogens is 164 g/mol. The van der Waals surface area contributed by atoms with Gasteiger partial charge in [0.2, 0.25) is 0 Å². The number of rotatable bonds is 0. The number of allylic oxidation sites excluding steroid dienone is 5. The lowest BCUT2D eigenvalue weighted by atomic mass is 9.79. The summed E-state index contributed by atoms with van der Waals surface area (Å²) in [5, 5.41) is 9.62. The van der Waals surface area contributed by atoms with Gasteiger partial charge in [0.15, 0.2) is 5.78 Å². The first-order chi connectivity index (χ1) is 6.29. The van der Waals surface area contributed by atoms with E-state index in [4.69, 9.17) is 0 Å². The van der Waals surface area contributed by atoms with Gasteiger partial charge in [0, 0.05) is 0 Å². The number of hydrogen-bond acceptors (Lipinski definition) is 2. The van der Waals surface area contributed by atoms with E-state index in [1.165, 1.54) is 0 Å². The molecule has 0 fully saturated rings. The molecule has 2 aliphatic carbocycles. The van der Waals surface area contributed by atoms with Crippen LogP contribution in [-0.4, -0.2) is 17.0 Å². The lowest BCUT2D eigenvalue weighted by Crippen LogP contribution is -2.33. The standard InChI is InChI=1S/C11H12O2/c12-9-6-2-1-4-8-5-3-7-10(13)11(8)9/h1-4,6-8,10-11,13H,5H2/t8?,10-,11?/m1/s1. The monoisotopic (exact) mass is 176 g/mol. The average molecular weight is 176 g/mol. The number of carbonyl (C=O) groups excluding carboxylic acids is 1. The lowest BCUT2D eigenvalue weighted by molar-refractivity contribution is -0.122. The van der Waals surface area contributed by atoms with E-state index in [2.05, 4.69) is 0 Å². The van der Waals surface area contributed by atoms with E-state index in [0.29, 0.717) is 0 Å². The number of aliphatic hydroxyl groups is 1. The number of fused-ring (bicyclic) bond motifs is 1. The summed E-state index contributed by atoms with van der Waals surface area (Å²) in [4.78, 5) is 11.5.